The Morgan fingerprint density at radius 2 is 2.00 bits per heavy atom. The number of hydrogen-bond donors (Lipinski definition) is 4. The maximum atomic E-state index is 12.2. The monoisotopic (exact) mass is 517 g/mol. The summed E-state index contributed by atoms with van der Waals surface area (Å²) in [7, 11) is 1.65. The van der Waals surface area contributed by atoms with Crippen LogP contribution in [0.2, 0.25) is 0 Å². The molecule has 4 N–H and O–H groups in total. The second-order valence-electron chi connectivity index (χ2n) is 7.77. The van der Waals surface area contributed by atoms with Crippen molar-refractivity contribution in [2.24, 2.45) is 4.99 Å². The molecule has 0 spiro atoms. The van der Waals surface area contributed by atoms with Gasteiger partial charge in [0.15, 0.2) is 5.96 Å². The van der Waals surface area contributed by atoms with Gasteiger partial charge in [0, 0.05) is 31.4 Å². The summed E-state index contributed by atoms with van der Waals surface area (Å²) in [6.45, 7) is 7.08. The molecule has 8 nitrogen and oxygen atoms in total. The number of nitrogens with one attached hydrogen (secondary N) is 4. The number of carbonyl (C=O) groups excluding carboxylic acids is 2. The first-order valence-electron chi connectivity index (χ1n) is 9.54. The largest absolute Gasteiger partial charge is 0.368 e. The third kappa shape index (κ3) is 9.44. The molecule has 162 valence electrons. The van der Waals surface area contributed by atoms with Gasteiger partial charge in [0.05, 0.1) is 6.54 Å². The number of benzene rings is 1. The molecule has 1 saturated heterocycles. The highest BCUT2D eigenvalue weighted by Crippen LogP contribution is 2.16. The average Bonchev–Trinajstić information content (AvgIpc) is 3.15. The van der Waals surface area contributed by atoms with Gasteiger partial charge >= 0.3 is 0 Å². The highest BCUT2D eigenvalue weighted by molar-refractivity contribution is 14.0. The summed E-state index contributed by atoms with van der Waals surface area (Å²) in [6.07, 6.45) is 1.32. The first-order valence-corrected chi connectivity index (χ1v) is 9.54. The fourth-order valence-corrected chi connectivity index (χ4v) is 2.80. The fraction of sp³-hybridized carbons (Fsp3) is 0.550. The first-order chi connectivity index (χ1) is 13.3. The molecule has 1 heterocycles. The number of carbonyl (C=O) groups is 2. The van der Waals surface area contributed by atoms with Crippen LogP contribution in [0, 0.1) is 0 Å². The van der Waals surface area contributed by atoms with Crippen LogP contribution in [0.1, 0.15) is 39.2 Å². The van der Waals surface area contributed by atoms with Gasteiger partial charge in [-0.05, 0) is 51.3 Å². The molecule has 9 heteroatoms. The Balaban J connectivity index is 0.00000420. The van der Waals surface area contributed by atoms with E-state index >= 15 is 0 Å². The van der Waals surface area contributed by atoms with Gasteiger partial charge in [-0.15, -0.1) is 24.0 Å². The normalized spacial score (nSPS) is 16.6. The van der Waals surface area contributed by atoms with E-state index in [0.29, 0.717) is 19.1 Å². The first kappa shape index (κ1) is 25.2. The molecule has 2 amide bonds. The van der Waals surface area contributed by atoms with Crippen LogP contribution in [0.3, 0.4) is 0 Å². The minimum Gasteiger partial charge on any atom is -0.368 e. The van der Waals surface area contributed by atoms with E-state index in [9.17, 15) is 9.59 Å². The van der Waals surface area contributed by atoms with Crippen molar-refractivity contribution in [1.29, 1.82) is 0 Å². The van der Waals surface area contributed by atoms with E-state index < -0.39 is 0 Å². The maximum Gasteiger partial charge on any atom is 0.253 e. The number of halogens is 1. The Labute approximate surface area is 189 Å². The summed E-state index contributed by atoms with van der Waals surface area (Å²) in [5, 5.41) is 11.9. The number of nitrogens with zero attached hydrogens (tertiary/aromatic N) is 1. The van der Waals surface area contributed by atoms with Crippen molar-refractivity contribution in [3.8, 4) is 0 Å². The summed E-state index contributed by atoms with van der Waals surface area (Å²) in [5.41, 5.74) is 1.43. The summed E-state index contributed by atoms with van der Waals surface area (Å²) in [4.78, 5) is 28.2. The lowest BCUT2D eigenvalue weighted by Crippen LogP contribution is -2.48. The molecule has 2 rings (SSSR count). The topological polar surface area (TPSA) is 104 Å². The quantitative estimate of drug-likeness (QED) is 0.263. The van der Waals surface area contributed by atoms with Gasteiger partial charge < -0.3 is 26.0 Å². The van der Waals surface area contributed by atoms with Crippen LogP contribution in [0.4, 0.5) is 5.69 Å². The lowest BCUT2D eigenvalue weighted by atomic mass is 10.1. The molecule has 1 fully saturated rings. The maximum absolute atomic E-state index is 12.2. The van der Waals surface area contributed by atoms with E-state index in [1.54, 1.807) is 7.05 Å². The van der Waals surface area contributed by atoms with E-state index in [0.717, 1.165) is 24.1 Å². The summed E-state index contributed by atoms with van der Waals surface area (Å²) < 4.78 is 5.41. The minimum absolute atomic E-state index is 0. The van der Waals surface area contributed by atoms with Crippen molar-refractivity contribution >= 4 is 47.4 Å². The molecule has 1 aromatic carbocycles. The number of anilines is 1. The molecule has 1 aliphatic heterocycles. The van der Waals surface area contributed by atoms with Crippen molar-refractivity contribution < 1.29 is 14.3 Å². The third-order valence-corrected chi connectivity index (χ3v) is 4.03. The number of hydrogen-bond acceptors (Lipinski definition) is 4. The van der Waals surface area contributed by atoms with E-state index in [1.165, 1.54) is 0 Å². The Hall–Kier alpha value is -1.88. The number of guanidine groups is 1. The van der Waals surface area contributed by atoms with Crippen molar-refractivity contribution in [1.82, 2.24) is 16.0 Å². The van der Waals surface area contributed by atoms with Crippen molar-refractivity contribution in [2.45, 2.75) is 51.8 Å². The van der Waals surface area contributed by atoms with E-state index in [-0.39, 0.29) is 54.0 Å². The van der Waals surface area contributed by atoms with Crippen molar-refractivity contribution in [3.63, 3.8) is 0 Å². The van der Waals surface area contributed by atoms with Crippen molar-refractivity contribution in [3.05, 3.63) is 29.8 Å². The minimum atomic E-state index is -0.357. The third-order valence-electron chi connectivity index (χ3n) is 4.03. The van der Waals surface area contributed by atoms with Gasteiger partial charge in [-0.1, -0.05) is 12.1 Å². The Kier molecular flexibility index (Phi) is 10.4. The lowest BCUT2D eigenvalue weighted by molar-refractivity contribution is -0.124. The molecular weight excluding hydrogens is 485 g/mol. The Morgan fingerprint density at radius 1 is 1.24 bits per heavy atom. The summed E-state index contributed by atoms with van der Waals surface area (Å²) >= 11 is 0. The van der Waals surface area contributed by atoms with Crippen LogP contribution in [0.25, 0.3) is 0 Å². The standard InChI is InChI=1S/C20H31N5O3.HI/c1-20(2,3)25-17(26)13-23-19(21-4)22-12-14-7-5-8-15(11-14)24-18(27)16-9-6-10-28-16;/h5,7-8,11,16H,6,9-10,12-13H2,1-4H3,(H,24,27)(H,25,26)(H2,21,22,23);1H. The zero-order valence-corrected chi connectivity index (χ0v) is 19.8. The SMILES string of the molecule is CN=C(NCC(=O)NC(C)(C)C)NCc1cccc(NC(=O)C2CCCO2)c1.I. The second kappa shape index (κ2) is 12.0. The average molecular weight is 517 g/mol. The van der Waals surface area contributed by atoms with Gasteiger partial charge in [0.2, 0.25) is 5.91 Å². The molecule has 29 heavy (non-hydrogen) atoms. The number of amides is 2. The van der Waals surface area contributed by atoms with Crippen LogP contribution >= 0.6 is 24.0 Å². The lowest BCUT2D eigenvalue weighted by Gasteiger charge is -2.21. The highest BCUT2D eigenvalue weighted by atomic mass is 127. The van der Waals surface area contributed by atoms with E-state index in [1.807, 2.05) is 45.0 Å². The van der Waals surface area contributed by atoms with Crippen LogP contribution in [0.15, 0.2) is 29.3 Å². The number of rotatable bonds is 6. The van der Waals surface area contributed by atoms with Crippen LogP contribution < -0.4 is 21.3 Å². The molecule has 0 aliphatic carbocycles. The smallest absolute Gasteiger partial charge is 0.253 e. The van der Waals surface area contributed by atoms with Crippen LogP contribution in [0.5, 0.6) is 0 Å². The zero-order chi connectivity index (χ0) is 20.6. The zero-order valence-electron chi connectivity index (χ0n) is 17.5. The van der Waals surface area contributed by atoms with Crippen molar-refractivity contribution in [2.75, 3.05) is 25.5 Å². The molecule has 0 saturated carbocycles. The summed E-state index contributed by atoms with van der Waals surface area (Å²) in [5.74, 6) is 0.317. The molecule has 0 radical (unpaired) electrons. The van der Waals surface area contributed by atoms with Gasteiger partial charge in [0.25, 0.3) is 5.91 Å². The molecule has 1 aromatic rings. The van der Waals surface area contributed by atoms with Crippen LogP contribution in [-0.4, -0.2) is 49.6 Å². The number of aliphatic imine (C=N–C) groups is 1. The molecule has 0 aromatic heterocycles. The molecular formula is C20H32IN5O3. The second-order valence-corrected chi connectivity index (χ2v) is 7.77. The highest BCUT2D eigenvalue weighted by Gasteiger charge is 2.23. The molecule has 1 aliphatic rings. The van der Waals surface area contributed by atoms with Gasteiger partial charge in [-0.25, -0.2) is 0 Å². The molecule has 1 unspecified atom stereocenters. The van der Waals surface area contributed by atoms with Gasteiger partial charge in [-0.3, -0.25) is 14.6 Å². The Bertz CT molecular complexity index is 712. The Morgan fingerprint density at radius 3 is 2.62 bits per heavy atom. The van der Waals surface area contributed by atoms with Gasteiger partial charge in [0.1, 0.15) is 6.10 Å². The number of ether oxygens (including phenoxy) is 1. The predicted octanol–water partition coefficient (Wildman–Crippen LogP) is 2.00. The predicted molar refractivity (Wildman–Crippen MR) is 126 cm³/mol. The van der Waals surface area contributed by atoms with Gasteiger partial charge in [-0.2, -0.15) is 0 Å². The fourth-order valence-electron chi connectivity index (χ4n) is 2.80. The molecule has 1 atom stereocenters. The van der Waals surface area contributed by atoms with Crippen LogP contribution in [-0.2, 0) is 20.9 Å². The van der Waals surface area contributed by atoms with E-state index in [4.69, 9.17) is 4.74 Å². The van der Waals surface area contributed by atoms with E-state index in [2.05, 4.69) is 26.3 Å². The molecule has 0 bridgehead atoms. The summed E-state index contributed by atoms with van der Waals surface area (Å²) in [6, 6.07) is 7.59.